The van der Waals surface area contributed by atoms with Gasteiger partial charge >= 0.3 is 0 Å². The van der Waals surface area contributed by atoms with Gasteiger partial charge in [0.2, 0.25) is 5.91 Å². The number of hydrogen-bond donors (Lipinski definition) is 2. The summed E-state index contributed by atoms with van der Waals surface area (Å²) in [5, 5.41) is 3.58. The second-order valence-corrected chi connectivity index (χ2v) is 10.1. The van der Waals surface area contributed by atoms with Gasteiger partial charge in [0.15, 0.2) is 5.16 Å². The number of carbonyl (C=O) groups is 1. The SMILES string of the molecule is CCCn1c(SCC(=O)Nc2cccc(S(=O)(=O)NC3=NCCC3)c2)nc2ccccc21. The molecule has 0 saturated carbocycles. The second-order valence-electron chi connectivity index (χ2n) is 7.44. The predicted molar refractivity (Wildman–Crippen MR) is 128 cm³/mol. The van der Waals surface area contributed by atoms with Crippen LogP contribution in [0.5, 0.6) is 0 Å². The number of aromatic nitrogens is 2. The molecule has 0 saturated heterocycles. The zero-order valence-corrected chi connectivity index (χ0v) is 19.4. The Morgan fingerprint density at radius 1 is 1.19 bits per heavy atom. The molecule has 2 heterocycles. The van der Waals surface area contributed by atoms with Gasteiger partial charge in [0.1, 0.15) is 5.84 Å². The molecule has 8 nitrogen and oxygen atoms in total. The molecular weight excluding hydrogens is 446 g/mol. The van der Waals surface area contributed by atoms with Crippen molar-refractivity contribution in [3.8, 4) is 0 Å². The molecule has 0 unspecified atom stereocenters. The van der Waals surface area contributed by atoms with Crippen LogP contribution in [0.25, 0.3) is 11.0 Å². The molecule has 32 heavy (non-hydrogen) atoms. The standard InChI is InChI=1S/C22H25N5O3S2/c1-2-13-27-19-10-4-3-9-18(19)25-22(27)31-15-21(28)24-16-7-5-8-17(14-16)32(29,30)26-20-11-6-12-23-20/h3-5,7-10,14H,2,6,11-13,15H2,1H3,(H,23,26)(H,24,28). The third-order valence-corrected chi connectivity index (χ3v) is 7.31. The highest BCUT2D eigenvalue weighted by molar-refractivity contribution is 7.99. The van der Waals surface area contributed by atoms with Gasteiger partial charge in [-0.2, -0.15) is 0 Å². The smallest absolute Gasteiger partial charge is 0.262 e. The Kier molecular flexibility index (Phi) is 6.80. The third-order valence-electron chi connectivity index (χ3n) is 4.95. The Hall–Kier alpha value is -2.85. The highest BCUT2D eigenvalue weighted by Gasteiger charge is 2.19. The molecule has 168 valence electrons. The second kappa shape index (κ2) is 9.74. The summed E-state index contributed by atoms with van der Waals surface area (Å²) >= 11 is 1.36. The van der Waals surface area contributed by atoms with E-state index in [0.29, 0.717) is 24.5 Å². The highest BCUT2D eigenvalue weighted by Crippen LogP contribution is 2.25. The summed E-state index contributed by atoms with van der Waals surface area (Å²) in [4.78, 5) is 21.4. The zero-order valence-electron chi connectivity index (χ0n) is 17.7. The van der Waals surface area contributed by atoms with Crippen LogP contribution in [-0.4, -0.2) is 42.0 Å². The van der Waals surface area contributed by atoms with Crippen LogP contribution in [0.15, 0.2) is 63.6 Å². The molecule has 0 atom stereocenters. The van der Waals surface area contributed by atoms with Crippen molar-refractivity contribution in [1.29, 1.82) is 0 Å². The lowest BCUT2D eigenvalue weighted by Crippen LogP contribution is -2.29. The quantitative estimate of drug-likeness (QED) is 0.488. The Morgan fingerprint density at radius 3 is 2.81 bits per heavy atom. The molecule has 4 rings (SSSR count). The fourth-order valence-corrected chi connectivity index (χ4v) is 5.48. The van der Waals surface area contributed by atoms with Crippen LogP contribution in [0.2, 0.25) is 0 Å². The fourth-order valence-electron chi connectivity index (χ4n) is 3.51. The number of anilines is 1. The molecule has 1 aliphatic heterocycles. The summed E-state index contributed by atoms with van der Waals surface area (Å²) in [7, 11) is -3.73. The number of hydrogen-bond acceptors (Lipinski definition) is 6. The van der Waals surface area contributed by atoms with E-state index in [1.807, 2.05) is 24.3 Å². The first-order valence-corrected chi connectivity index (χ1v) is 13.0. The number of imidazole rings is 1. The summed E-state index contributed by atoms with van der Waals surface area (Å²) in [6.07, 6.45) is 2.43. The summed E-state index contributed by atoms with van der Waals surface area (Å²) in [5.74, 6) is 0.414. The average Bonchev–Trinajstić information content (AvgIpc) is 3.40. The molecule has 0 fully saturated rings. The molecule has 1 amide bonds. The van der Waals surface area contributed by atoms with E-state index in [1.165, 1.54) is 23.9 Å². The van der Waals surface area contributed by atoms with Crippen LogP contribution in [0.4, 0.5) is 5.69 Å². The number of sulfonamides is 1. The Labute approximate surface area is 191 Å². The van der Waals surface area contributed by atoms with Crippen LogP contribution < -0.4 is 10.0 Å². The summed E-state index contributed by atoms with van der Waals surface area (Å²) < 4.78 is 29.8. The number of aryl methyl sites for hydroxylation is 1. The van der Waals surface area contributed by atoms with Crippen LogP contribution in [0, 0.1) is 0 Å². The van der Waals surface area contributed by atoms with Gasteiger partial charge in [0.05, 0.1) is 21.7 Å². The van der Waals surface area contributed by atoms with Crippen LogP contribution in [-0.2, 0) is 21.4 Å². The number of thioether (sulfide) groups is 1. The lowest BCUT2D eigenvalue weighted by Gasteiger charge is -2.10. The van der Waals surface area contributed by atoms with Gasteiger partial charge in [-0.1, -0.05) is 36.9 Å². The van der Waals surface area contributed by atoms with Crippen molar-refractivity contribution in [2.45, 2.75) is 42.8 Å². The van der Waals surface area contributed by atoms with Crippen molar-refractivity contribution >= 4 is 50.2 Å². The van der Waals surface area contributed by atoms with Gasteiger partial charge in [0, 0.05) is 25.2 Å². The number of aliphatic imine (C=N–C) groups is 1. The van der Waals surface area contributed by atoms with Gasteiger partial charge in [0.25, 0.3) is 10.0 Å². The van der Waals surface area contributed by atoms with E-state index in [1.54, 1.807) is 12.1 Å². The molecule has 3 aromatic rings. The van der Waals surface area contributed by atoms with E-state index in [2.05, 4.69) is 31.5 Å². The van der Waals surface area contributed by atoms with E-state index in [4.69, 9.17) is 0 Å². The van der Waals surface area contributed by atoms with E-state index in [9.17, 15) is 13.2 Å². The monoisotopic (exact) mass is 471 g/mol. The maximum Gasteiger partial charge on any atom is 0.262 e. The van der Waals surface area contributed by atoms with E-state index in [-0.39, 0.29) is 16.6 Å². The number of amidine groups is 1. The molecule has 2 aromatic carbocycles. The van der Waals surface area contributed by atoms with Crippen molar-refractivity contribution in [2.75, 3.05) is 17.6 Å². The number of fused-ring (bicyclic) bond motifs is 1. The molecule has 0 aliphatic carbocycles. The molecule has 0 radical (unpaired) electrons. The first-order valence-electron chi connectivity index (χ1n) is 10.5. The number of para-hydroxylation sites is 2. The molecule has 2 N–H and O–H groups in total. The van der Waals surface area contributed by atoms with Crippen molar-refractivity contribution in [3.63, 3.8) is 0 Å². The molecule has 10 heteroatoms. The first kappa shape index (κ1) is 22.3. The lowest BCUT2D eigenvalue weighted by molar-refractivity contribution is -0.113. The largest absolute Gasteiger partial charge is 0.325 e. The average molecular weight is 472 g/mol. The van der Waals surface area contributed by atoms with E-state index < -0.39 is 10.0 Å². The van der Waals surface area contributed by atoms with Crippen LogP contribution in [0.3, 0.4) is 0 Å². The van der Waals surface area contributed by atoms with Crippen LogP contribution >= 0.6 is 11.8 Å². The van der Waals surface area contributed by atoms with E-state index >= 15 is 0 Å². The van der Waals surface area contributed by atoms with Gasteiger partial charge in [-0.15, -0.1) is 0 Å². The Morgan fingerprint density at radius 2 is 2.03 bits per heavy atom. The van der Waals surface area contributed by atoms with Gasteiger partial charge in [-0.05, 0) is 43.2 Å². The molecule has 1 aromatic heterocycles. The summed E-state index contributed by atoms with van der Waals surface area (Å²) in [6, 6.07) is 14.1. The molecule has 0 bridgehead atoms. The number of amides is 1. The Balaban J connectivity index is 1.42. The minimum atomic E-state index is -3.73. The highest BCUT2D eigenvalue weighted by atomic mass is 32.2. The number of rotatable bonds is 8. The minimum absolute atomic E-state index is 0.0855. The van der Waals surface area contributed by atoms with Gasteiger partial charge in [-0.3, -0.25) is 14.5 Å². The number of nitrogens with zero attached hydrogens (tertiary/aromatic N) is 3. The Bertz CT molecular complexity index is 1270. The minimum Gasteiger partial charge on any atom is -0.325 e. The van der Waals surface area contributed by atoms with Crippen molar-refractivity contribution in [1.82, 2.24) is 14.3 Å². The fraction of sp³-hybridized carbons (Fsp3) is 0.318. The third kappa shape index (κ3) is 5.13. The zero-order chi connectivity index (χ0) is 22.6. The summed E-state index contributed by atoms with van der Waals surface area (Å²) in [5.41, 5.74) is 2.38. The lowest BCUT2D eigenvalue weighted by atomic mass is 10.3. The first-order chi connectivity index (χ1) is 15.5. The molecule has 1 aliphatic rings. The normalized spacial score (nSPS) is 13.8. The predicted octanol–water partition coefficient (Wildman–Crippen LogP) is 3.65. The topological polar surface area (TPSA) is 105 Å². The van der Waals surface area contributed by atoms with Gasteiger partial charge < -0.3 is 9.88 Å². The number of benzene rings is 2. The van der Waals surface area contributed by atoms with Crippen molar-refractivity contribution in [3.05, 3.63) is 48.5 Å². The molecular formula is C22H25N5O3S2. The number of carbonyl (C=O) groups excluding carboxylic acids is 1. The van der Waals surface area contributed by atoms with E-state index in [0.717, 1.165) is 35.6 Å². The maximum atomic E-state index is 12.6. The van der Waals surface area contributed by atoms with Gasteiger partial charge in [-0.25, -0.2) is 13.4 Å². The summed E-state index contributed by atoms with van der Waals surface area (Å²) in [6.45, 7) is 3.56. The number of nitrogens with one attached hydrogen (secondary N) is 2. The van der Waals surface area contributed by atoms with Crippen LogP contribution in [0.1, 0.15) is 26.2 Å². The van der Waals surface area contributed by atoms with Crippen molar-refractivity contribution < 1.29 is 13.2 Å². The molecule has 0 spiro atoms. The van der Waals surface area contributed by atoms with Crippen molar-refractivity contribution in [2.24, 2.45) is 4.99 Å². The maximum absolute atomic E-state index is 12.6.